The molecule has 1 aromatic carbocycles. The highest BCUT2D eigenvalue weighted by atomic mass is 16.2. The van der Waals surface area contributed by atoms with Gasteiger partial charge in [-0.05, 0) is 25.3 Å². The molecular weight excluding hydrogens is 370 g/mol. The summed E-state index contributed by atoms with van der Waals surface area (Å²) in [5, 5.41) is 7.36. The van der Waals surface area contributed by atoms with Gasteiger partial charge in [-0.25, -0.2) is 4.79 Å². The Morgan fingerprint density at radius 3 is 2.76 bits per heavy atom. The van der Waals surface area contributed by atoms with Crippen LogP contribution in [-0.2, 0) is 11.2 Å². The topological polar surface area (TPSA) is 115 Å². The van der Waals surface area contributed by atoms with Gasteiger partial charge in [-0.3, -0.25) is 19.7 Å². The second-order valence-electron chi connectivity index (χ2n) is 7.43. The van der Waals surface area contributed by atoms with Crippen LogP contribution in [0.4, 0.5) is 0 Å². The van der Waals surface area contributed by atoms with E-state index < -0.39 is 11.2 Å². The van der Waals surface area contributed by atoms with Crippen molar-refractivity contribution in [1.29, 1.82) is 0 Å². The lowest BCUT2D eigenvalue weighted by Crippen LogP contribution is -2.41. The fourth-order valence-electron chi connectivity index (χ4n) is 4.00. The first-order chi connectivity index (χ1) is 14.0. The van der Waals surface area contributed by atoms with Gasteiger partial charge >= 0.3 is 5.69 Å². The number of benzene rings is 1. The molecule has 0 bridgehead atoms. The fourth-order valence-corrected chi connectivity index (χ4v) is 4.00. The van der Waals surface area contributed by atoms with Crippen LogP contribution >= 0.6 is 0 Å². The van der Waals surface area contributed by atoms with Crippen LogP contribution in [0.3, 0.4) is 0 Å². The number of rotatable bonds is 4. The molecule has 0 aliphatic carbocycles. The average molecular weight is 393 g/mol. The monoisotopic (exact) mass is 393 g/mol. The number of amides is 1. The molecule has 150 valence electrons. The summed E-state index contributed by atoms with van der Waals surface area (Å²) in [4.78, 5) is 42.9. The number of aromatic nitrogens is 4. The summed E-state index contributed by atoms with van der Waals surface area (Å²) in [6.45, 7) is 2.86. The van der Waals surface area contributed by atoms with Crippen molar-refractivity contribution in [2.75, 3.05) is 13.1 Å². The molecule has 0 spiro atoms. The van der Waals surface area contributed by atoms with Crippen LogP contribution in [0.15, 0.2) is 46.1 Å². The number of piperidine rings is 1. The number of likely N-dealkylation sites (tertiary alicyclic amines) is 1. The maximum Gasteiger partial charge on any atom is 0.325 e. The maximum absolute atomic E-state index is 12.9. The Morgan fingerprint density at radius 2 is 2.00 bits per heavy atom. The van der Waals surface area contributed by atoms with Gasteiger partial charge in [0.15, 0.2) is 0 Å². The smallest absolute Gasteiger partial charge is 0.325 e. The van der Waals surface area contributed by atoms with E-state index in [9.17, 15) is 14.4 Å². The van der Waals surface area contributed by atoms with Gasteiger partial charge in [0, 0.05) is 41.5 Å². The molecule has 1 saturated heterocycles. The average Bonchev–Trinajstić information content (AvgIpc) is 3.21. The number of carbonyl (C=O) groups is 1. The summed E-state index contributed by atoms with van der Waals surface area (Å²) < 4.78 is 0. The van der Waals surface area contributed by atoms with Crippen LogP contribution in [0.1, 0.15) is 35.7 Å². The number of hydrogen-bond donors (Lipinski definition) is 3. The number of carbonyl (C=O) groups excluding carboxylic acids is 1. The number of nitrogens with one attached hydrogen (secondary N) is 3. The number of aryl methyl sites for hydroxylation is 1. The van der Waals surface area contributed by atoms with Crippen LogP contribution in [0, 0.1) is 6.92 Å². The summed E-state index contributed by atoms with van der Waals surface area (Å²) in [6.07, 6.45) is 3.64. The van der Waals surface area contributed by atoms with E-state index in [1.807, 2.05) is 36.5 Å². The normalized spacial score (nSPS) is 16.7. The molecule has 1 atom stereocenters. The predicted octanol–water partition coefficient (Wildman–Crippen LogP) is 1.71. The third-order valence-corrected chi connectivity index (χ3v) is 5.52. The first kappa shape index (κ1) is 18.9. The molecule has 4 rings (SSSR count). The molecule has 2 aromatic heterocycles. The zero-order valence-electron chi connectivity index (χ0n) is 16.2. The third-order valence-electron chi connectivity index (χ3n) is 5.52. The SMILES string of the molecule is Cc1[nH]c(=O)[nH]c(=O)c1CC(=O)N1CCCC(c2[nH]ncc2-c2ccccc2)C1. The molecule has 3 N–H and O–H groups in total. The van der Waals surface area contributed by atoms with E-state index in [0.29, 0.717) is 24.3 Å². The lowest BCUT2D eigenvalue weighted by molar-refractivity contribution is -0.131. The first-order valence-corrected chi connectivity index (χ1v) is 9.71. The number of aromatic amines is 3. The molecule has 1 unspecified atom stereocenters. The standard InChI is InChI=1S/C21H23N5O3/c1-13-16(20(28)24-21(29)23-13)10-18(27)26-9-5-8-15(12-26)19-17(11-22-25-19)14-6-3-2-4-7-14/h2-4,6-7,11,15H,5,8-10,12H2,1H3,(H,22,25)(H2,23,24,28,29). The van der Waals surface area contributed by atoms with Crippen LogP contribution < -0.4 is 11.2 Å². The van der Waals surface area contributed by atoms with E-state index in [4.69, 9.17) is 0 Å². The minimum absolute atomic E-state index is 0.0286. The summed E-state index contributed by atoms with van der Waals surface area (Å²) in [5.74, 6) is 0.0384. The molecule has 1 aliphatic rings. The van der Waals surface area contributed by atoms with Crippen molar-refractivity contribution in [3.63, 3.8) is 0 Å². The largest absolute Gasteiger partial charge is 0.342 e. The molecule has 3 aromatic rings. The van der Waals surface area contributed by atoms with E-state index in [0.717, 1.165) is 29.7 Å². The van der Waals surface area contributed by atoms with Crippen LogP contribution in [0.5, 0.6) is 0 Å². The van der Waals surface area contributed by atoms with Crippen LogP contribution in [0.25, 0.3) is 11.1 Å². The Hall–Kier alpha value is -3.42. The van der Waals surface area contributed by atoms with Crippen molar-refractivity contribution < 1.29 is 4.79 Å². The minimum atomic E-state index is -0.561. The molecule has 8 nitrogen and oxygen atoms in total. The van der Waals surface area contributed by atoms with Crippen molar-refractivity contribution in [1.82, 2.24) is 25.1 Å². The second-order valence-corrected chi connectivity index (χ2v) is 7.43. The minimum Gasteiger partial charge on any atom is -0.342 e. The van der Waals surface area contributed by atoms with Crippen molar-refractivity contribution in [3.05, 3.63) is 74.3 Å². The summed E-state index contributed by atoms with van der Waals surface area (Å²) in [5.41, 5.74) is 2.85. The molecule has 29 heavy (non-hydrogen) atoms. The van der Waals surface area contributed by atoms with Gasteiger partial charge in [-0.1, -0.05) is 30.3 Å². The van der Waals surface area contributed by atoms with Gasteiger partial charge in [0.1, 0.15) is 0 Å². The Labute approximate surface area is 167 Å². The van der Waals surface area contributed by atoms with Gasteiger partial charge in [0.25, 0.3) is 5.56 Å². The molecule has 8 heteroatoms. The van der Waals surface area contributed by atoms with Gasteiger partial charge in [0.05, 0.1) is 12.6 Å². The number of nitrogens with zero attached hydrogens (tertiary/aromatic N) is 2. The maximum atomic E-state index is 12.9. The second kappa shape index (κ2) is 7.90. The molecule has 0 saturated carbocycles. The molecule has 1 amide bonds. The summed E-state index contributed by atoms with van der Waals surface area (Å²) in [6, 6.07) is 10.1. The van der Waals surface area contributed by atoms with Crippen molar-refractivity contribution in [2.45, 2.75) is 32.1 Å². The highest BCUT2D eigenvalue weighted by Crippen LogP contribution is 2.33. The lowest BCUT2D eigenvalue weighted by atomic mass is 9.90. The Bertz CT molecular complexity index is 1130. The van der Waals surface area contributed by atoms with E-state index >= 15 is 0 Å². The highest BCUT2D eigenvalue weighted by molar-refractivity contribution is 5.79. The zero-order chi connectivity index (χ0) is 20.4. The lowest BCUT2D eigenvalue weighted by Gasteiger charge is -2.33. The van der Waals surface area contributed by atoms with Gasteiger partial charge in [-0.2, -0.15) is 5.10 Å². The number of H-pyrrole nitrogens is 3. The van der Waals surface area contributed by atoms with Crippen molar-refractivity contribution >= 4 is 5.91 Å². The summed E-state index contributed by atoms with van der Waals surface area (Å²) in [7, 11) is 0. The van der Waals surface area contributed by atoms with E-state index in [1.54, 1.807) is 11.8 Å². The van der Waals surface area contributed by atoms with E-state index in [-0.39, 0.29) is 18.2 Å². The highest BCUT2D eigenvalue weighted by Gasteiger charge is 2.28. The third kappa shape index (κ3) is 3.91. The van der Waals surface area contributed by atoms with Crippen LogP contribution in [0.2, 0.25) is 0 Å². The zero-order valence-corrected chi connectivity index (χ0v) is 16.2. The Kier molecular flexibility index (Phi) is 5.16. The van der Waals surface area contributed by atoms with Crippen molar-refractivity contribution in [3.8, 4) is 11.1 Å². The molecule has 1 aliphatic heterocycles. The summed E-state index contributed by atoms with van der Waals surface area (Å²) >= 11 is 0. The number of hydrogen-bond acceptors (Lipinski definition) is 4. The van der Waals surface area contributed by atoms with Gasteiger partial charge in [0.2, 0.25) is 5.91 Å². The molecule has 3 heterocycles. The predicted molar refractivity (Wildman–Crippen MR) is 109 cm³/mol. The van der Waals surface area contributed by atoms with E-state index in [1.165, 1.54) is 0 Å². The van der Waals surface area contributed by atoms with Gasteiger partial charge in [-0.15, -0.1) is 0 Å². The van der Waals surface area contributed by atoms with Gasteiger partial charge < -0.3 is 9.88 Å². The van der Waals surface area contributed by atoms with E-state index in [2.05, 4.69) is 20.2 Å². The van der Waals surface area contributed by atoms with Crippen molar-refractivity contribution in [2.24, 2.45) is 0 Å². The molecular formula is C21H23N5O3. The first-order valence-electron chi connectivity index (χ1n) is 9.71. The van der Waals surface area contributed by atoms with Crippen LogP contribution in [-0.4, -0.2) is 44.1 Å². The molecule has 0 radical (unpaired) electrons. The molecule has 1 fully saturated rings. The quantitative estimate of drug-likeness (QED) is 0.626. The Balaban J connectivity index is 1.53. The fraction of sp³-hybridized carbons (Fsp3) is 0.333. The Morgan fingerprint density at radius 1 is 1.21 bits per heavy atom.